The number of aryl methyl sites for hydroxylation is 2. The Balaban J connectivity index is 1.33. The summed E-state index contributed by atoms with van der Waals surface area (Å²) in [6.45, 7) is 8.03. The van der Waals surface area contributed by atoms with E-state index in [1.165, 1.54) is 0 Å². The van der Waals surface area contributed by atoms with Crippen LogP contribution < -0.4 is 10.1 Å². The standard InChI is InChI=1S/C24H31N3O3/c1-19-8-9-20(2)22(16-19)30-15-10-24(29)27-13-11-26(12-14-27)18-23(28)25-17-21-6-4-3-5-7-21/h3-9,16H,10-15,17-18H2,1-2H3,(H,25,28). The lowest BCUT2D eigenvalue weighted by atomic mass is 10.1. The Morgan fingerprint density at radius 1 is 1.00 bits per heavy atom. The van der Waals surface area contributed by atoms with Gasteiger partial charge in [0.15, 0.2) is 0 Å². The molecule has 2 aromatic rings. The van der Waals surface area contributed by atoms with Gasteiger partial charge in [-0.2, -0.15) is 0 Å². The minimum atomic E-state index is 0.0144. The van der Waals surface area contributed by atoms with E-state index in [0.717, 1.165) is 22.4 Å². The Hall–Kier alpha value is -2.86. The second kappa shape index (κ2) is 10.8. The maximum absolute atomic E-state index is 12.5. The lowest BCUT2D eigenvalue weighted by molar-refractivity contribution is -0.133. The van der Waals surface area contributed by atoms with Crippen LogP contribution in [0.4, 0.5) is 0 Å². The van der Waals surface area contributed by atoms with E-state index in [1.54, 1.807) is 0 Å². The molecule has 2 aromatic carbocycles. The summed E-state index contributed by atoms with van der Waals surface area (Å²) in [6.07, 6.45) is 0.366. The number of hydrogen-bond acceptors (Lipinski definition) is 4. The third-order valence-corrected chi connectivity index (χ3v) is 5.34. The predicted molar refractivity (Wildman–Crippen MR) is 117 cm³/mol. The van der Waals surface area contributed by atoms with Crippen molar-refractivity contribution in [1.82, 2.24) is 15.1 Å². The number of rotatable bonds is 8. The zero-order valence-electron chi connectivity index (χ0n) is 17.9. The highest BCUT2D eigenvalue weighted by molar-refractivity contribution is 5.78. The molecule has 1 aliphatic heterocycles. The summed E-state index contributed by atoms with van der Waals surface area (Å²) < 4.78 is 5.81. The van der Waals surface area contributed by atoms with E-state index in [4.69, 9.17) is 4.74 Å². The minimum Gasteiger partial charge on any atom is -0.493 e. The molecule has 1 aliphatic rings. The van der Waals surface area contributed by atoms with Gasteiger partial charge < -0.3 is 15.0 Å². The van der Waals surface area contributed by atoms with Crippen molar-refractivity contribution in [3.8, 4) is 5.75 Å². The van der Waals surface area contributed by atoms with Gasteiger partial charge in [-0.1, -0.05) is 42.5 Å². The molecular formula is C24H31N3O3. The summed E-state index contributed by atoms with van der Waals surface area (Å²) in [4.78, 5) is 28.6. The number of carbonyl (C=O) groups is 2. The number of nitrogens with one attached hydrogen (secondary N) is 1. The molecule has 1 heterocycles. The fourth-order valence-electron chi connectivity index (χ4n) is 3.48. The predicted octanol–water partition coefficient (Wildman–Crippen LogP) is 2.53. The molecule has 0 aliphatic carbocycles. The first-order chi connectivity index (χ1) is 14.5. The molecule has 0 bridgehead atoms. The molecule has 0 saturated carbocycles. The monoisotopic (exact) mass is 409 g/mol. The number of carbonyl (C=O) groups excluding carboxylic acids is 2. The van der Waals surface area contributed by atoms with E-state index in [1.807, 2.05) is 61.2 Å². The van der Waals surface area contributed by atoms with Crippen molar-refractivity contribution in [2.45, 2.75) is 26.8 Å². The number of hydrogen-bond donors (Lipinski definition) is 1. The summed E-state index contributed by atoms with van der Waals surface area (Å²) in [6, 6.07) is 16.0. The average molecular weight is 410 g/mol. The fraction of sp³-hybridized carbons (Fsp3) is 0.417. The molecule has 0 radical (unpaired) electrons. The minimum absolute atomic E-state index is 0.0144. The lowest BCUT2D eigenvalue weighted by Gasteiger charge is -2.34. The van der Waals surface area contributed by atoms with Crippen molar-refractivity contribution in [3.63, 3.8) is 0 Å². The molecule has 2 amide bonds. The van der Waals surface area contributed by atoms with Gasteiger partial charge in [0.2, 0.25) is 11.8 Å². The first-order valence-electron chi connectivity index (χ1n) is 10.5. The van der Waals surface area contributed by atoms with Gasteiger partial charge in [-0.3, -0.25) is 14.5 Å². The highest BCUT2D eigenvalue weighted by atomic mass is 16.5. The summed E-state index contributed by atoms with van der Waals surface area (Å²) in [5.41, 5.74) is 3.31. The number of nitrogens with zero attached hydrogens (tertiary/aromatic N) is 2. The fourth-order valence-corrected chi connectivity index (χ4v) is 3.48. The number of piperazine rings is 1. The molecule has 6 heteroatoms. The molecule has 160 valence electrons. The molecule has 3 rings (SSSR count). The van der Waals surface area contributed by atoms with E-state index in [-0.39, 0.29) is 11.8 Å². The first-order valence-corrected chi connectivity index (χ1v) is 10.5. The number of benzene rings is 2. The van der Waals surface area contributed by atoms with E-state index < -0.39 is 0 Å². The smallest absolute Gasteiger partial charge is 0.234 e. The molecule has 0 atom stereocenters. The highest BCUT2D eigenvalue weighted by Crippen LogP contribution is 2.19. The van der Waals surface area contributed by atoms with Crippen molar-refractivity contribution in [2.75, 3.05) is 39.3 Å². The van der Waals surface area contributed by atoms with Crippen LogP contribution in [0.25, 0.3) is 0 Å². The Morgan fingerprint density at radius 2 is 1.73 bits per heavy atom. The van der Waals surface area contributed by atoms with E-state index in [9.17, 15) is 9.59 Å². The molecule has 6 nitrogen and oxygen atoms in total. The Bertz CT molecular complexity index is 846. The Labute approximate surface area is 178 Å². The van der Waals surface area contributed by atoms with Gasteiger partial charge in [0, 0.05) is 32.7 Å². The highest BCUT2D eigenvalue weighted by Gasteiger charge is 2.22. The normalized spacial score (nSPS) is 14.4. The van der Waals surface area contributed by atoms with Gasteiger partial charge in [0.05, 0.1) is 19.6 Å². The first kappa shape index (κ1) is 21.8. The molecule has 1 fully saturated rings. The Kier molecular flexibility index (Phi) is 7.85. The van der Waals surface area contributed by atoms with Gasteiger partial charge in [0.1, 0.15) is 5.75 Å². The van der Waals surface area contributed by atoms with Crippen LogP contribution in [-0.2, 0) is 16.1 Å². The second-order valence-corrected chi connectivity index (χ2v) is 7.79. The van der Waals surface area contributed by atoms with Crippen LogP contribution in [0.15, 0.2) is 48.5 Å². The summed E-state index contributed by atoms with van der Waals surface area (Å²) in [5, 5.41) is 2.95. The SMILES string of the molecule is Cc1ccc(C)c(OCCC(=O)N2CCN(CC(=O)NCc3ccccc3)CC2)c1. The molecule has 0 aromatic heterocycles. The van der Waals surface area contributed by atoms with Crippen molar-refractivity contribution in [3.05, 3.63) is 65.2 Å². The van der Waals surface area contributed by atoms with Gasteiger partial charge in [0.25, 0.3) is 0 Å². The van der Waals surface area contributed by atoms with Crippen molar-refractivity contribution in [2.24, 2.45) is 0 Å². The molecule has 1 N–H and O–H groups in total. The Morgan fingerprint density at radius 3 is 2.47 bits per heavy atom. The number of ether oxygens (including phenoxy) is 1. The van der Waals surface area contributed by atoms with Crippen molar-refractivity contribution >= 4 is 11.8 Å². The van der Waals surface area contributed by atoms with E-state index in [0.29, 0.717) is 52.3 Å². The quantitative estimate of drug-likeness (QED) is 0.728. The average Bonchev–Trinajstić information content (AvgIpc) is 2.76. The van der Waals surface area contributed by atoms with Gasteiger partial charge >= 0.3 is 0 Å². The van der Waals surface area contributed by atoms with E-state index >= 15 is 0 Å². The zero-order valence-corrected chi connectivity index (χ0v) is 17.9. The molecule has 0 unspecified atom stereocenters. The molecule has 0 spiro atoms. The van der Waals surface area contributed by atoms with E-state index in [2.05, 4.69) is 16.3 Å². The van der Waals surface area contributed by atoms with Gasteiger partial charge in [-0.25, -0.2) is 0 Å². The van der Waals surface area contributed by atoms with Gasteiger partial charge in [-0.15, -0.1) is 0 Å². The maximum Gasteiger partial charge on any atom is 0.234 e. The topological polar surface area (TPSA) is 61.9 Å². The summed E-state index contributed by atoms with van der Waals surface area (Å²) in [7, 11) is 0. The molecular weight excluding hydrogens is 378 g/mol. The van der Waals surface area contributed by atoms with Crippen LogP contribution >= 0.6 is 0 Å². The van der Waals surface area contributed by atoms with Crippen LogP contribution in [0, 0.1) is 13.8 Å². The van der Waals surface area contributed by atoms with Gasteiger partial charge in [-0.05, 0) is 36.6 Å². The van der Waals surface area contributed by atoms with Crippen molar-refractivity contribution < 1.29 is 14.3 Å². The second-order valence-electron chi connectivity index (χ2n) is 7.79. The van der Waals surface area contributed by atoms with Crippen LogP contribution in [-0.4, -0.2) is 60.9 Å². The van der Waals surface area contributed by atoms with Crippen LogP contribution in [0.1, 0.15) is 23.1 Å². The third-order valence-electron chi connectivity index (χ3n) is 5.34. The molecule has 1 saturated heterocycles. The third kappa shape index (κ3) is 6.59. The van der Waals surface area contributed by atoms with Crippen molar-refractivity contribution in [1.29, 1.82) is 0 Å². The summed E-state index contributed by atoms with van der Waals surface area (Å²) in [5.74, 6) is 0.961. The number of amides is 2. The lowest BCUT2D eigenvalue weighted by Crippen LogP contribution is -2.51. The van der Waals surface area contributed by atoms with Crippen LogP contribution in [0.5, 0.6) is 5.75 Å². The maximum atomic E-state index is 12.5. The van der Waals surface area contributed by atoms with Crippen LogP contribution in [0.2, 0.25) is 0 Å². The zero-order chi connectivity index (χ0) is 21.3. The summed E-state index contributed by atoms with van der Waals surface area (Å²) >= 11 is 0. The molecule has 30 heavy (non-hydrogen) atoms. The van der Waals surface area contributed by atoms with Crippen LogP contribution in [0.3, 0.4) is 0 Å². The largest absolute Gasteiger partial charge is 0.493 e.